The molecule has 3 N–H and O–H groups in total. The number of carbonyl (C=O) groups excluding carboxylic acids is 1. The molecule has 1 saturated carbocycles. The zero-order valence-corrected chi connectivity index (χ0v) is 15.3. The number of phenolic OH excluding ortho intramolecular Hbond substituents is 1. The predicted octanol–water partition coefficient (Wildman–Crippen LogP) is 2.88. The number of nitrogens with one attached hydrogen (secondary N) is 1. The van der Waals surface area contributed by atoms with E-state index < -0.39 is 24.2 Å². The second-order valence-electron chi connectivity index (χ2n) is 6.71. The highest BCUT2D eigenvalue weighted by Gasteiger charge is 2.33. The number of phenols is 1. The lowest BCUT2D eigenvalue weighted by atomic mass is 10.0. The van der Waals surface area contributed by atoms with Gasteiger partial charge in [-0.3, -0.25) is 4.79 Å². The fourth-order valence-electron chi connectivity index (χ4n) is 3.35. The molecule has 0 unspecified atom stereocenters. The quantitative estimate of drug-likeness (QED) is 0.704. The van der Waals surface area contributed by atoms with Gasteiger partial charge in [0.1, 0.15) is 29.5 Å². The number of amides is 1. The van der Waals surface area contributed by atoms with E-state index in [-0.39, 0.29) is 11.3 Å². The topological polar surface area (TPSA) is 88.0 Å². The number of benzene rings is 2. The molecule has 6 nitrogen and oxygen atoms in total. The van der Waals surface area contributed by atoms with Gasteiger partial charge in [0.05, 0.1) is 18.7 Å². The molecule has 3 atom stereocenters. The molecule has 144 valence electrons. The lowest BCUT2D eigenvalue weighted by molar-refractivity contribution is 0.0129. The highest BCUT2D eigenvalue weighted by atomic mass is 16.5. The van der Waals surface area contributed by atoms with Crippen LogP contribution in [0.2, 0.25) is 0 Å². The second-order valence-corrected chi connectivity index (χ2v) is 6.71. The second kappa shape index (κ2) is 8.77. The molecule has 6 heteroatoms. The Balaban J connectivity index is 1.70. The van der Waals surface area contributed by atoms with Gasteiger partial charge in [-0.15, -0.1) is 0 Å². The number of aliphatic hydroxyl groups excluding tert-OH is 1. The zero-order chi connectivity index (χ0) is 19.2. The third kappa shape index (κ3) is 4.71. The Morgan fingerprint density at radius 2 is 1.81 bits per heavy atom. The monoisotopic (exact) mass is 371 g/mol. The van der Waals surface area contributed by atoms with Crippen LogP contribution < -0.4 is 14.8 Å². The normalized spacial score (nSPS) is 22.5. The van der Waals surface area contributed by atoms with Gasteiger partial charge in [0.2, 0.25) is 0 Å². The van der Waals surface area contributed by atoms with Crippen molar-refractivity contribution in [3.63, 3.8) is 0 Å². The Kier molecular flexibility index (Phi) is 6.19. The Hall–Kier alpha value is -2.73. The van der Waals surface area contributed by atoms with Crippen molar-refractivity contribution in [2.24, 2.45) is 0 Å². The average molecular weight is 371 g/mol. The van der Waals surface area contributed by atoms with Crippen LogP contribution in [-0.2, 0) is 0 Å². The first-order valence-electron chi connectivity index (χ1n) is 9.16. The molecule has 2 aromatic rings. The molecule has 0 radical (unpaired) electrons. The molecule has 0 heterocycles. The van der Waals surface area contributed by atoms with Crippen LogP contribution in [0.4, 0.5) is 0 Å². The molecule has 0 saturated heterocycles. The first kappa shape index (κ1) is 19.0. The molecule has 0 bridgehead atoms. The van der Waals surface area contributed by atoms with E-state index in [4.69, 9.17) is 9.47 Å². The summed E-state index contributed by atoms with van der Waals surface area (Å²) in [6, 6.07) is 13.4. The van der Waals surface area contributed by atoms with Crippen LogP contribution in [0, 0.1) is 0 Å². The van der Waals surface area contributed by atoms with E-state index in [2.05, 4.69) is 5.32 Å². The number of hydrogen-bond acceptors (Lipinski definition) is 5. The summed E-state index contributed by atoms with van der Waals surface area (Å²) in [7, 11) is 1.49. The van der Waals surface area contributed by atoms with Gasteiger partial charge in [0, 0.05) is 6.07 Å². The first-order chi connectivity index (χ1) is 13.1. The van der Waals surface area contributed by atoms with E-state index in [1.807, 2.05) is 30.3 Å². The Bertz CT molecular complexity index is 764. The van der Waals surface area contributed by atoms with Crippen molar-refractivity contribution < 1.29 is 24.5 Å². The summed E-state index contributed by atoms with van der Waals surface area (Å²) in [6.07, 6.45) is 1.93. The third-order valence-corrected chi connectivity index (χ3v) is 4.84. The standard InChI is InChI=1S/C21H25NO5/c1-26-15-11-12-16(18(23)13-15)21(25)22-17-9-5-6-10-19(20(17)24)27-14-7-3-2-4-8-14/h2-4,7-8,11-13,17,19-20,23-24H,5-6,9-10H2,1H3,(H,22,25)/t17-,19-,20-/m1/s1. The lowest BCUT2D eigenvalue weighted by Gasteiger charge is -2.28. The maximum absolute atomic E-state index is 12.6. The van der Waals surface area contributed by atoms with E-state index in [0.717, 1.165) is 19.3 Å². The van der Waals surface area contributed by atoms with E-state index in [9.17, 15) is 15.0 Å². The summed E-state index contributed by atoms with van der Waals surface area (Å²) in [4.78, 5) is 12.6. The van der Waals surface area contributed by atoms with Gasteiger partial charge in [0.15, 0.2) is 0 Å². The number of methoxy groups -OCH3 is 1. The van der Waals surface area contributed by atoms with Gasteiger partial charge >= 0.3 is 0 Å². The summed E-state index contributed by atoms with van der Waals surface area (Å²) in [6.45, 7) is 0. The zero-order valence-electron chi connectivity index (χ0n) is 15.3. The summed E-state index contributed by atoms with van der Waals surface area (Å²) in [5.74, 6) is 0.572. The third-order valence-electron chi connectivity index (χ3n) is 4.84. The fourth-order valence-corrected chi connectivity index (χ4v) is 3.35. The van der Waals surface area contributed by atoms with Crippen molar-refractivity contribution in [1.29, 1.82) is 0 Å². The molecule has 0 aromatic heterocycles. The largest absolute Gasteiger partial charge is 0.507 e. The molecule has 1 aliphatic carbocycles. The van der Waals surface area contributed by atoms with Gasteiger partial charge < -0.3 is 25.0 Å². The molecule has 27 heavy (non-hydrogen) atoms. The minimum Gasteiger partial charge on any atom is -0.507 e. The van der Waals surface area contributed by atoms with E-state index in [1.165, 1.54) is 19.2 Å². The molecule has 0 aliphatic heterocycles. The molecule has 0 spiro atoms. The minimum atomic E-state index is -0.836. The predicted molar refractivity (Wildman–Crippen MR) is 101 cm³/mol. The van der Waals surface area contributed by atoms with Gasteiger partial charge in [-0.2, -0.15) is 0 Å². The Morgan fingerprint density at radius 1 is 1.07 bits per heavy atom. The number of aromatic hydroxyl groups is 1. The number of rotatable bonds is 5. The van der Waals surface area contributed by atoms with Gasteiger partial charge in [0.25, 0.3) is 5.91 Å². The van der Waals surface area contributed by atoms with Crippen LogP contribution in [0.1, 0.15) is 36.0 Å². The van der Waals surface area contributed by atoms with Gasteiger partial charge in [-0.1, -0.05) is 24.6 Å². The summed E-state index contributed by atoms with van der Waals surface area (Å²) in [5.41, 5.74) is 0.146. The smallest absolute Gasteiger partial charge is 0.255 e. The van der Waals surface area contributed by atoms with Crippen LogP contribution in [0.3, 0.4) is 0 Å². The maximum atomic E-state index is 12.6. The average Bonchev–Trinajstić information content (AvgIpc) is 2.84. The van der Waals surface area contributed by atoms with Crippen molar-refractivity contribution in [3.05, 3.63) is 54.1 Å². The fraction of sp³-hybridized carbons (Fsp3) is 0.381. The molecule has 1 aliphatic rings. The highest BCUT2D eigenvalue weighted by Crippen LogP contribution is 2.26. The van der Waals surface area contributed by atoms with Crippen molar-refractivity contribution >= 4 is 5.91 Å². The van der Waals surface area contributed by atoms with Crippen molar-refractivity contribution in [1.82, 2.24) is 5.32 Å². The van der Waals surface area contributed by atoms with E-state index in [1.54, 1.807) is 6.07 Å². The van der Waals surface area contributed by atoms with Gasteiger partial charge in [-0.25, -0.2) is 0 Å². The van der Waals surface area contributed by atoms with Crippen LogP contribution >= 0.6 is 0 Å². The summed E-state index contributed by atoms with van der Waals surface area (Å²) < 4.78 is 11.0. The summed E-state index contributed by atoms with van der Waals surface area (Å²) in [5, 5.41) is 23.7. The molecular weight excluding hydrogens is 346 g/mol. The molecule has 3 rings (SSSR count). The van der Waals surface area contributed by atoms with Crippen LogP contribution in [0.25, 0.3) is 0 Å². The maximum Gasteiger partial charge on any atom is 0.255 e. The summed E-state index contributed by atoms with van der Waals surface area (Å²) >= 11 is 0. The number of carbonyl (C=O) groups is 1. The number of para-hydroxylation sites is 1. The Morgan fingerprint density at radius 3 is 2.52 bits per heavy atom. The lowest BCUT2D eigenvalue weighted by Crippen LogP contribution is -2.49. The molecule has 1 fully saturated rings. The van der Waals surface area contributed by atoms with Crippen molar-refractivity contribution in [2.75, 3.05) is 7.11 Å². The van der Waals surface area contributed by atoms with Crippen LogP contribution in [-0.4, -0.2) is 41.5 Å². The number of aliphatic hydroxyl groups is 1. The Labute approximate surface area is 158 Å². The first-order valence-corrected chi connectivity index (χ1v) is 9.16. The van der Waals surface area contributed by atoms with Crippen molar-refractivity contribution in [3.8, 4) is 17.2 Å². The van der Waals surface area contributed by atoms with Crippen LogP contribution in [0.15, 0.2) is 48.5 Å². The minimum absolute atomic E-state index is 0.146. The molecule has 1 amide bonds. The van der Waals surface area contributed by atoms with Crippen molar-refractivity contribution in [2.45, 2.75) is 43.9 Å². The number of ether oxygens (including phenoxy) is 2. The van der Waals surface area contributed by atoms with Gasteiger partial charge in [-0.05, 0) is 43.5 Å². The molecular formula is C21H25NO5. The van der Waals surface area contributed by atoms with Crippen LogP contribution in [0.5, 0.6) is 17.2 Å². The SMILES string of the molecule is COc1ccc(C(=O)N[C@@H]2CCCC[C@@H](Oc3ccccc3)[C@@H]2O)c(O)c1. The van der Waals surface area contributed by atoms with E-state index >= 15 is 0 Å². The highest BCUT2D eigenvalue weighted by molar-refractivity contribution is 5.97. The molecule has 2 aromatic carbocycles. The van der Waals surface area contributed by atoms with E-state index in [0.29, 0.717) is 17.9 Å². The number of hydrogen-bond donors (Lipinski definition) is 3.